The summed E-state index contributed by atoms with van der Waals surface area (Å²) < 4.78 is 38.0. The first-order valence-electron chi connectivity index (χ1n) is 6.88. The summed E-state index contributed by atoms with van der Waals surface area (Å²) in [6, 6.07) is -1.04. The molecule has 0 aromatic heterocycles. The van der Waals surface area contributed by atoms with Gasteiger partial charge in [-0.15, -0.1) is 0 Å². The van der Waals surface area contributed by atoms with Crippen molar-refractivity contribution >= 4 is 5.91 Å². The van der Waals surface area contributed by atoms with E-state index in [-0.39, 0.29) is 24.7 Å². The molecule has 0 aromatic rings. The van der Waals surface area contributed by atoms with Crippen LogP contribution in [0.1, 0.15) is 46.0 Å². The summed E-state index contributed by atoms with van der Waals surface area (Å²) in [5, 5.41) is 2.67. The van der Waals surface area contributed by atoms with Crippen LogP contribution in [0.2, 0.25) is 0 Å². The van der Waals surface area contributed by atoms with Gasteiger partial charge >= 0.3 is 6.18 Å². The Morgan fingerprint density at radius 1 is 1.42 bits per heavy atom. The first kappa shape index (κ1) is 16.3. The molecular weight excluding hydrogens is 257 g/mol. The second-order valence-electron chi connectivity index (χ2n) is 5.52. The normalized spacial score (nSPS) is 27.7. The van der Waals surface area contributed by atoms with Crippen molar-refractivity contribution in [1.29, 1.82) is 0 Å². The van der Waals surface area contributed by atoms with E-state index in [1.807, 2.05) is 13.8 Å². The van der Waals surface area contributed by atoms with Gasteiger partial charge in [-0.2, -0.15) is 13.2 Å². The Morgan fingerprint density at radius 3 is 2.58 bits per heavy atom. The lowest BCUT2D eigenvalue weighted by Gasteiger charge is -2.32. The van der Waals surface area contributed by atoms with E-state index in [4.69, 9.17) is 5.73 Å². The lowest BCUT2D eigenvalue weighted by Crippen LogP contribution is -2.50. The third-order valence-corrected chi connectivity index (χ3v) is 4.04. The highest BCUT2D eigenvalue weighted by molar-refractivity contribution is 5.82. The van der Waals surface area contributed by atoms with E-state index < -0.39 is 24.2 Å². The Balaban J connectivity index is 2.51. The molecule has 6 heteroatoms. The van der Waals surface area contributed by atoms with Gasteiger partial charge < -0.3 is 11.1 Å². The zero-order valence-corrected chi connectivity index (χ0v) is 11.5. The summed E-state index contributed by atoms with van der Waals surface area (Å²) in [6.45, 7) is 3.79. The van der Waals surface area contributed by atoms with Crippen molar-refractivity contribution in [3.8, 4) is 0 Å². The van der Waals surface area contributed by atoms with Crippen LogP contribution in [0.15, 0.2) is 0 Å². The monoisotopic (exact) mass is 280 g/mol. The molecular formula is C13H23F3N2O. The Labute approximate surface area is 112 Å². The fourth-order valence-corrected chi connectivity index (χ4v) is 2.43. The quantitative estimate of drug-likeness (QED) is 0.831. The SMILES string of the molecule is CCC(C)[C@H](N)C(=O)NC1CCCC(C(F)(F)F)C1. The van der Waals surface area contributed by atoms with Crippen molar-refractivity contribution in [1.82, 2.24) is 5.32 Å². The highest BCUT2D eigenvalue weighted by Gasteiger charge is 2.42. The van der Waals surface area contributed by atoms with E-state index in [9.17, 15) is 18.0 Å². The molecule has 19 heavy (non-hydrogen) atoms. The van der Waals surface area contributed by atoms with Crippen LogP contribution in [0.5, 0.6) is 0 Å². The molecule has 0 aliphatic heterocycles. The summed E-state index contributed by atoms with van der Waals surface area (Å²) in [5.41, 5.74) is 5.77. The maximum absolute atomic E-state index is 12.7. The minimum absolute atomic E-state index is 0.0253. The largest absolute Gasteiger partial charge is 0.391 e. The summed E-state index contributed by atoms with van der Waals surface area (Å²) in [7, 11) is 0. The van der Waals surface area contributed by atoms with Crippen LogP contribution < -0.4 is 11.1 Å². The maximum atomic E-state index is 12.7. The van der Waals surface area contributed by atoms with E-state index in [1.54, 1.807) is 0 Å². The van der Waals surface area contributed by atoms with Gasteiger partial charge in [0, 0.05) is 6.04 Å². The lowest BCUT2D eigenvalue weighted by molar-refractivity contribution is -0.184. The molecule has 0 heterocycles. The van der Waals surface area contributed by atoms with E-state index in [0.717, 1.165) is 6.42 Å². The first-order chi connectivity index (χ1) is 8.75. The van der Waals surface area contributed by atoms with Crippen LogP contribution in [0.25, 0.3) is 0 Å². The minimum Gasteiger partial charge on any atom is -0.352 e. The number of carbonyl (C=O) groups excluding carboxylic acids is 1. The van der Waals surface area contributed by atoms with Gasteiger partial charge in [-0.1, -0.05) is 26.7 Å². The van der Waals surface area contributed by atoms with Gasteiger partial charge in [0.25, 0.3) is 0 Å². The molecule has 112 valence electrons. The van der Waals surface area contributed by atoms with Gasteiger partial charge in [-0.3, -0.25) is 4.79 Å². The molecule has 1 saturated carbocycles. The summed E-state index contributed by atoms with van der Waals surface area (Å²) in [6.07, 6.45) is -2.17. The molecule has 1 rings (SSSR count). The number of nitrogens with two attached hydrogens (primary N) is 1. The van der Waals surface area contributed by atoms with Crippen LogP contribution in [-0.2, 0) is 4.79 Å². The van der Waals surface area contributed by atoms with Crippen LogP contribution >= 0.6 is 0 Å². The van der Waals surface area contributed by atoms with Gasteiger partial charge in [0.1, 0.15) is 0 Å². The average molecular weight is 280 g/mol. The minimum atomic E-state index is -4.16. The third-order valence-electron chi connectivity index (χ3n) is 4.04. The summed E-state index contributed by atoms with van der Waals surface area (Å²) >= 11 is 0. The summed E-state index contributed by atoms with van der Waals surface area (Å²) in [4.78, 5) is 11.9. The molecule has 1 aliphatic rings. The number of amides is 1. The number of halogens is 3. The standard InChI is InChI=1S/C13H23F3N2O/c1-3-8(2)11(17)12(19)18-10-6-4-5-9(7-10)13(14,15)16/h8-11H,3-7,17H2,1-2H3,(H,18,19)/t8?,9?,10?,11-/m0/s1. The highest BCUT2D eigenvalue weighted by atomic mass is 19.4. The smallest absolute Gasteiger partial charge is 0.352 e. The highest BCUT2D eigenvalue weighted by Crippen LogP contribution is 2.37. The van der Waals surface area contributed by atoms with E-state index in [2.05, 4.69) is 5.32 Å². The third kappa shape index (κ3) is 4.67. The number of hydrogen-bond acceptors (Lipinski definition) is 2. The van der Waals surface area contributed by atoms with Gasteiger partial charge in [-0.25, -0.2) is 0 Å². The molecule has 3 unspecified atom stereocenters. The Morgan fingerprint density at radius 2 is 2.05 bits per heavy atom. The zero-order chi connectivity index (χ0) is 14.6. The predicted molar refractivity (Wildman–Crippen MR) is 67.4 cm³/mol. The molecule has 0 spiro atoms. The number of rotatable bonds is 4. The molecule has 0 radical (unpaired) electrons. The van der Waals surface area contributed by atoms with Crippen molar-refractivity contribution in [2.45, 2.75) is 64.2 Å². The van der Waals surface area contributed by atoms with Crippen molar-refractivity contribution in [3.05, 3.63) is 0 Å². The van der Waals surface area contributed by atoms with Gasteiger partial charge in [0.15, 0.2) is 0 Å². The summed E-state index contributed by atoms with van der Waals surface area (Å²) in [5.74, 6) is -1.60. The van der Waals surface area contributed by atoms with Crippen LogP contribution in [0, 0.1) is 11.8 Å². The number of carbonyl (C=O) groups is 1. The van der Waals surface area contributed by atoms with Crippen molar-refractivity contribution in [2.24, 2.45) is 17.6 Å². The van der Waals surface area contributed by atoms with Crippen LogP contribution in [0.3, 0.4) is 0 Å². The zero-order valence-electron chi connectivity index (χ0n) is 11.5. The fourth-order valence-electron chi connectivity index (χ4n) is 2.43. The van der Waals surface area contributed by atoms with Gasteiger partial charge in [0.2, 0.25) is 5.91 Å². The molecule has 1 amide bonds. The Bertz CT molecular complexity index is 307. The molecule has 4 atom stereocenters. The van der Waals surface area contributed by atoms with Gasteiger partial charge in [0.05, 0.1) is 12.0 Å². The average Bonchev–Trinajstić information content (AvgIpc) is 2.36. The Hall–Kier alpha value is -0.780. The molecule has 1 fully saturated rings. The van der Waals surface area contributed by atoms with Crippen molar-refractivity contribution < 1.29 is 18.0 Å². The fraction of sp³-hybridized carbons (Fsp3) is 0.923. The molecule has 0 aromatic carbocycles. The lowest BCUT2D eigenvalue weighted by atomic mass is 9.85. The van der Waals surface area contributed by atoms with E-state index in [1.165, 1.54) is 0 Å². The number of nitrogens with one attached hydrogen (secondary N) is 1. The topological polar surface area (TPSA) is 55.1 Å². The van der Waals surface area contributed by atoms with E-state index >= 15 is 0 Å². The van der Waals surface area contributed by atoms with Crippen LogP contribution in [0.4, 0.5) is 13.2 Å². The maximum Gasteiger partial charge on any atom is 0.391 e. The van der Waals surface area contributed by atoms with Crippen molar-refractivity contribution in [3.63, 3.8) is 0 Å². The molecule has 3 N–H and O–H groups in total. The first-order valence-corrected chi connectivity index (χ1v) is 6.88. The molecule has 0 saturated heterocycles. The molecule has 0 bridgehead atoms. The van der Waals surface area contributed by atoms with Crippen LogP contribution in [-0.4, -0.2) is 24.2 Å². The van der Waals surface area contributed by atoms with E-state index in [0.29, 0.717) is 12.8 Å². The Kier molecular flexibility index (Phi) is 5.64. The predicted octanol–water partition coefficient (Wildman–Crippen LogP) is 2.60. The number of hydrogen-bond donors (Lipinski definition) is 2. The van der Waals surface area contributed by atoms with Crippen molar-refractivity contribution in [2.75, 3.05) is 0 Å². The second-order valence-corrected chi connectivity index (χ2v) is 5.52. The number of alkyl halides is 3. The molecule has 1 aliphatic carbocycles. The van der Waals surface area contributed by atoms with Gasteiger partial charge in [-0.05, 0) is 25.2 Å². The molecule has 3 nitrogen and oxygen atoms in total. The second kappa shape index (κ2) is 6.59.